The first kappa shape index (κ1) is 28.9. The van der Waals surface area contributed by atoms with E-state index in [1.807, 2.05) is 0 Å². The molecule has 11 nitrogen and oxygen atoms in total. The number of carbonyl (C=O) groups excluding carboxylic acids is 1. The Morgan fingerprint density at radius 3 is 2.57 bits per heavy atom. The molecule has 0 aliphatic heterocycles. The number of hydrogen-bond donors (Lipinski definition) is 3. The van der Waals surface area contributed by atoms with Gasteiger partial charge in [-0.25, -0.2) is 9.37 Å². The molecule has 3 aromatic rings. The minimum atomic E-state index is -1.21. The topological polar surface area (TPSA) is 163 Å². The SMILES string of the molecule is CCO[C@H](C(=O)NCc1ccc(C(=N)N)cc1Oc1ccc([N+](=O)[O-])cn1)c1ccc(OC)cc1F.Cl. The summed E-state index contributed by atoms with van der Waals surface area (Å²) < 4.78 is 30.9. The Morgan fingerprint density at radius 2 is 2.00 bits per heavy atom. The third-order valence-corrected chi connectivity index (χ3v) is 5.04. The van der Waals surface area contributed by atoms with Gasteiger partial charge in [0.2, 0.25) is 5.88 Å². The summed E-state index contributed by atoms with van der Waals surface area (Å²) in [5, 5.41) is 21.2. The van der Waals surface area contributed by atoms with Crippen molar-refractivity contribution in [3.8, 4) is 17.4 Å². The Bertz CT molecular complexity index is 1270. The molecule has 0 radical (unpaired) electrons. The van der Waals surface area contributed by atoms with Gasteiger partial charge in [0.25, 0.3) is 11.6 Å². The van der Waals surface area contributed by atoms with E-state index in [0.29, 0.717) is 16.9 Å². The predicted octanol–water partition coefficient (Wildman–Crippen LogP) is 4.03. The minimum absolute atomic E-state index is 0. The summed E-state index contributed by atoms with van der Waals surface area (Å²) in [6.45, 7) is 1.81. The van der Waals surface area contributed by atoms with Crippen molar-refractivity contribution in [1.82, 2.24) is 10.3 Å². The lowest BCUT2D eigenvalue weighted by atomic mass is 10.1. The van der Waals surface area contributed by atoms with E-state index in [2.05, 4.69) is 10.3 Å². The van der Waals surface area contributed by atoms with E-state index in [4.69, 9.17) is 25.4 Å². The molecule has 4 N–H and O–H groups in total. The number of ether oxygens (including phenoxy) is 3. The lowest BCUT2D eigenvalue weighted by molar-refractivity contribution is -0.385. The maximum atomic E-state index is 14.6. The van der Waals surface area contributed by atoms with Gasteiger partial charge in [0, 0.05) is 48.0 Å². The molecule has 0 saturated heterocycles. The van der Waals surface area contributed by atoms with Crippen LogP contribution in [0.3, 0.4) is 0 Å². The van der Waals surface area contributed by atoms with E-state index in [9.17, 15) is 19.3 Å². The number of nitrogens with zero attached hydrogens (tertiary/aromatic N) is 2. The Balaban J connectivity index is 0.00000481. The van der Waals surface area contributed by atoms with Gasteiger partial charge in [-0.15, -0.1) is 12.4 Å². The molecule has 0 aliphatic carbocycles. The van der Waals surface area contributed by atoms with E-state index < -0.39 is 22.8 Å². The number of halogens is 2. The molecule has 1 amide bonds. The van der Waals surface area contributed by atoms with Crippen molar-refractivity contribution in [2.45, 2.75) is 19.6 Å². The Labute approximate surface area is 217 Å². The van der Waals surface area contributed by atoms with Gasteiger partial charge in [0.15, 0.2) is 6.10 Å². The molecule has 1 heterocycles. The molecule has 2 aromatic carbocycles. The summed E-state index contributed by atoms with van der Waals surface area (Å²) in [7, 11) is 1.41. The van der Waals surface area contributed by atoms with Crippen molar-refractivity contribution in [2.24, 2.45) is 5.73 Å². The average molecular weight is 534 g/mol. The molecule has 0 saturated carbocycles. The lowest BCUT2D eigenvalue weighted by Gasteiger charge is -2.19. The molecule has 0 unspecified atom stereocenters. The predicted molar refractivity (Wildman–Crippen MR) is 135 cm³/mol. The number of nitrogen functional groups attached to an aromatic ring is 1. The average Bonchev–Trinajstić information content (AvgIpc) is 2.86. The summed E-state index contributed by atoms with van der Waals surface area (Å²) in [6, 6.07) is 11.3. The summed E-state index contributed by atoms with van der Waals surface area (Å²) in [4.78, 5) is 27.1. The third kappa shape index (κ3) is 7.35. The maximum absolute atomic E-state index is 14.6. The molecular weight excluding hydrogens is 509 g/mol. The molecule has 0 bridgehead atoms. The first-order chi connectivity index (χ1) is 17.2. The number of pyridine rings is 1. The van der Waals surface area contributed by atoms with Crippen LogP contribution in [0.4, 0.5) is 10.1 Å². The van der Waals surface area contributed by atoms with Gasteiger partial charge in [-0.2, -0.15) is 0 Å². The standard InChI is InChI=1S/C24H24FN5O6.ClH/c1-3-35-22(18-8-7-17(34-2)11-19(18)25)24(31)29-12-15-5-4-14(23(26)27)10-20(15)36-21-9-6-16(13-28-21)30(32)33;/h4-11,13,22H,3,12H2,1-2H3,(H3,26,27)(H,29,31);1H/t22-;/m0./s1. The number of nitrogens with one attached hydrogen (secondary N) is 2. The van der Waals surface area contributed by atoms with E-state index in [1.54, 1.807) is 19.1 Å². The fraction of sp³-hybridized carbons (Fsp3) is 0.208. The van der Waals surface area contributed by atoms with Crippen LogP contribution in [-0.4, -0.2) is 35.4 Å². The van der Waals surface area contributed by atoms with Gasteiger partial charge < -0.3 is 25.3 Å². The van der Waals surface area contributed by atoms with Crippen LogP contribution in [0.5, 0.6) is 17.4 Å². The van der Waals surface area contributed by atoms with Crippen molar-refractivity contribution in [2.75, 3.05) is 13.7 Å². The zero-order valence-electron chi connectivity index (χ0n) is 19.9. The molecule has 0 aliphatic rings. The van der Waals surface area contributed by atoms with E-state index in [0.717, 1.165) is 12.3 Å². The molecule has 196 valence electrons. The molecule has 1 aromatic heterocycles. The normalized spacial score (nSPS) is 11.1. The Hall–Kier alpha value is -4.29. The van der Waals surface area contributed by atoms with Crippen molar-refractivity contribution >= 4 is 29.8 Å². The number of methoxy groups -OCH3 is 1. The number of benzene rings is 2. The van der Waals surface area contributed by atoms with E-state index >= 15 is 0 Å². The van der Waals surface area contributed by atoms with Crippen LogP contribution in [0.1, 0.15) is 29.7 Å². The quantitative estimate of drug-likeness (QED) is 0.144. The van der Waals surface area contributed by atoms with Crippen LogP contribution in [-0.2, 0) is 16.1 Å². The summed E-state index contributed by atoms with van der Waals surface area (Å²) in [6.07, 6.45) is -0.167. The first-order valence-corrected chi connectivity index (χ1v) is 10.7. The van der Waals surface area contributed by atoms with Crippen LogP contribution < -0.4 is 20.5 Å². The zero-order chi connectivity index (χ0) is 26.2. The van der Waals surface area contributed by atoms with Crippen molar-refractivity contribution in [3.05, 3.63) is 87.3 Å². The molecule has 0 spiro atoms. The smallest absolute Gasteiger partial charge is 0.287 e. The number of rotatable bonds is 11. The van der Waals surface area contributed by atoms with Crippen molar-refractivity contribution < 1.29 is 28.3 Å². The van der Waals surface area contributed by atoms with Crippen molar-refractivity contribution in [3.63, 3.8) is 0 Å². The second-order valence-corrected chi connectivity index (χ2v) is 7.39. The summed E-state index contributed by atoms with van der Waals surface area (Å²) in [5.74, 6) is -0.870. The fourth-order valence-electron chi connectivity index (χ4n) is 3.21. The number of amidine groups is 1. The van der Waals surface area contributed by atoms with E-state index in [-0.39, 0.29) is 54.3 Å². The minimum Gasteiger partial charge on any atom is -0.497 e. The van der Waals surface area contributed by atoms with Gasteiger partial charge in [-0.1, -0.05) is 12.1 Å². The highest BCUT2D eigenvalue weighted by Crippen LogP contribution is 2.28. The fourth-order valence-corrected chi connectivity index (χ4v) is 3.21. The number of aromatic nitrogens is 1. The van der Waals surface area contributed by atoms with Gasteiger partial charge in [0.05, 0.1) is 12.0 Å². The van der Waals surface area contributed by atoms with E-state index in [1.165, 1.54) is 37.4 Å². The zero-order valence-corrected chi connectivity index (χ0v) is 20.7. The molecule has 37 heavy (non-hydrogen) atoms. The Morgan fingerprint density at radius 1 is 1.24 bits per heavy atom. The molecule has 13 heteroatoms. The van der Waals surface area contributed by atoms with Crippen molar-refractivity contribution in [1.29, 1.82) is 5.41 Å². The maximum Gasteiger partial charge on any atom is 0.287 e. The molecular formula is C24H25ClFN5O6. The highest BCUT2D eigenvalue weighted by molar-refractivity contribution is 5.95. The summed E-state index contributed by atoms with van der Waals surface area (Å²) in [5.41, 5.74) is 6.26. The Kier molecular flexibility index (Phi) is 10.3. The number of nitrogens with two attached hydrogens (primary N) is 1. The number of nitro groups is 1. The first-order valence-electron chi connectivity index (χ1n) is 10.7. The molecule has 3 rings (SSSR count). The molecule has 0 fully saturated rings. The van der Waals surface area contributed by atoms with Crippen LogP contribution >= 0.6 is 12.4 Å². The number of amides is 1. The largest absolute Gasteiger partial charge is 0.497 e. The van der Waals surface area contributed by atoms with Gasteiger partial charge in [-0.3, -0.25) is 20.3 Å². The van der Waals surface area contributed by atoms with Crippen LogP contribution in [0.25, 0.3) is 0 Å². The number of hydrogen-bond acceptors (Lipinski definition) is 8. The highest BCUT2D eigenvalue weighted by Gasteiger charge is 2.25. The monoisotopic (exact) mass is 533 g/mol. The lowest BCUT2D eigenvalue weighted by Crippen LogP contribution is -2.31. The second-order valence-electron chi connectivity index (χ2n) is 7.39. The van der Waals surface area contributed by atoms with Crippen LogP contribution in [0.2, 0.25) is 0 Å². The van der Waals surface area contributed by atoms with Crippen LogP contribution in [0.15, 0.2) is 54.7 Å². The highest BCUT2D eigenvalue weighted by atomic mass is 35.5. The number of carbonyl (C=O) groups is 1. The summed E-state index contributed by atoms with van der Waals surface area (Å²) >= 11 is 0. The molecule has 1 atom stereocenters. The third-order valence-electron chi connectivity index (χ3n) is 5.04. The van der Waals surface area contributed by atoms with Gasteiger partial charge in [-0.05, 0) is 25.1 Å². The van der Waals surface area contributed by atoms with Gasteiger partial charge in [0.1, 0.15) is 29.3 Å². The second kappa shape index (κ2) is 13.1. The van der Waals surface area contributed by atoms with Gasteiger partial charge >= 0.3 is 0 Å². The van der Waals surface area contributed by atoms with Crippen LogP contribution in [0, 0.1) is 21.3 Å².